The Hall–Kier alpha value is -1.84. The van der Waals surface area contributed by atoms with Crippen molar-refractivity contribution in [1.29, 1.82) is 0 Å². The van der Waals surface area contributed by atoms with Crippen LogP contribution < -0.4 is 11.5 Å². The molecule has 0 bridgehead atoms. The first-order valence-electron chi connectivity index (χ1n) is 8.84. The van der Waals surface area contributed by atoms with E-state index in [4.69, 9.17) is 11.5 Å². The SMILES string of the molecule is BCC1CCCCCC/C(N)=C(/C=C(\N)c2ccccc2O)C1. The van der Waals surface area contributed by atoms with Gasteiger partial charge in [-0.3, -0.25) is 0 Å². The van der Waals surface area contributed by atoms with Crippen LogP contribution in [-0.2, 0) is 0 Å². The van der Waals surface area contributed by atoms with Crippen molar-refractivity contribution in [3.63, 3.8) is 0 Å². The van der Waals surface area contributed by atoms with Gasteiger partial charge in [-0.05, 0) is 49.0 Å². The van der Waals surface area contributed by atoms with Crippen LogP contribution >= 0.6 is 0 Å². The minimum Gasteiger partial charge on any atom is -0.507 e. The Labute approximate surface area is 140 Å². The molecule has 1 aromatic rings. The maximum atomic E-state index is 9.99. The maximum absolute atomic E-state index is 9.99. The third-order valence-electron chi connectivity index (χ3n) is 4.85. The maximum Gasteiger partial charge on any atom is 0.124 e. The van der Waals surface area contributed by atoms with Crippen molar-refractivity contribution in [2.24, 2.45) is 17.4 Å². The lowest BCUT2D eigenvalue weighted by molar-refractivity contribution is 0.473. The Morgan fingerprint density at radius 3 is 2.70 bits per heavy atom. The standard InChI is InChI=1S/C19H29BN2O/c20-13-14-7-3-1-2-4-9-17(21)15(11-14)12-18(22)16-8-5-6-10-19(16)23/h5-6,8,10,12,14,23H,1-4,7,9,11,13,20-22H2/b17-15-,18-12-. The number of phenolic OH excluding ortho intramolecular Hbond substituents is 1. The smallest absolute Gasteiger partial charge is 0.124 e. The summed E-state index contributed by atoms with van der Waals surface area (Å²) < 4.78 is 0. The molecule has 0 aliphatic heterocycles. The normalized spacial score (nSPS) is 24.3. The fraction of sp³-hybridized carbons (Fsp3) is 0.474. The molecule has 0 fully saturated rings. The van der Waals surface area contributed by atoms with Gasteiger partial charge in [0.1, 0.15) is 13.6 Å². The first kappa shape index (κ1) is 17.5. The second-order valence-electron chi connectivity index (χ2n) is 6.60. The van der Waals surface area contributed by atoms with Gasteiger partial charge < -0.3 is 16.6 Å². The number of hydrogen-bond donors (Lipinski definition) is 3. The number of aromatic hydroxyl groups is 1. The van der Waals surface area contributed by atoms with Crippen molar-refractivity contribution >= 4 is 13.5 Å². The van der Waals surface area contributed by atoms with E-state index in [1.165, 1.54) is 32.0 Å². The van der Waals surface area contributed by atoms with Crippen molar-refractivity contribution in [2.45, 2.75) is 51.3 Å². The molecule has 0 saturated heterocycles. The highest BCUT2D eigenvalue weighted by molar-refractivity contribution is 6.08. The predicted octanol–water partition coefficient (Wildman–Crippen LogP) is 3.32. The molecule has 2 rings (SSSR count). The second kappa shape index (κ2) is 8.71. The Balaban J connectivity index is 2.30. The number of nitrogens with two attached hydrogens (primary N) is 2. The molecule has 1 aliphatic carbocycles. The van der Waals surface area contributed by atoms with Crippen LogP contribution in [-0.4, -0.2) is 13.0 Å². The van der Waals surface area contributed by atoms with Crippen LogP contribution in [0.3, 0.4) is 0 Å². The Kier molecular flexibility index (Phi) is 6.63. The molecular formula is C19H29BN2O. The molecule has 3 nitrogen and oxygen atoms in total. The van der Waals surface area contributed by atoms with Crippen LogP contribution in [0.1, 0.15) is 50.5 Å². The number of benzene rings is 1. The van der Waals surface area contributed by atoms with E-state index in [-0.39, 0.29) is 5.75 Å². The summed E-state index contributed by atoms with van der Waals surface area (Å²) in [7, 11) is 2.25. The summed E-state index contributed by atoms with van der Waals surface area (Å²) in [6.45, 7) is 0. The molecule has 1 atom stereocenters. The highest BCUT2D eigenvalue weighted by Crippen LogP contribution is 2.29. The van der Waals surface area contributed by atoms with Crippen LogP contribution in [0.2, 0.25) is 6.32 Å². The zero-order valence-electron chi connectivity index (χ0n) is 14.2. The first-order valence-corrected chi connectivity index (χ1v) is 8.84. The molecule has 5 N–H and O–H groups in total. The molecule has 1 aromatic carbocycles. The Bertz CT molecular complexity index is 580. The van der Waals surface area contributed by atoms with Gasteiger partial charge in [0.05, 0.1) is 0 Å². The molecule has 23 heavy (non-hydrogen) atoms. The quantitative estimate of drug-likeness (QED) is 0.750. The summed E-state index contributed by atoms with van der Waals surface area (Å²) in [5.74, 6) is 0.877. The summed E-state index contributed by atoms with van der Waals surface area (Å²) in [6, 6.07) is 7.19. The second-order valence-corrected chi connectivity index (χ2v) is 6.60. The minimum atomic E-state index is 0.215. The van der Waals surface area contributed by atoms with E-state index in [1.54, 1.807) is 12.1 Å². The van der Waals surface area contributed by atoms with Gasteiger partial charge in [0, 0.05) is 17.0 Å². The van der Waals surface area contributed by atoms with E-state index in [2.05, 4.69) is 7.85 Å². The molecule has 0 radical (unpaired) electrons. The summed E-state index contributed by atoms with van der Waals surface area (Å²) in [5.41, 5.74) is 16.0. The molecule has 1 unspecified atom stereocenters. The zero-order valence-corrected chi connectivity index (χ0v) is 14.2. The topological polar surface area (TPSA) is 72.3 Å². The van der Waals surface area contributed by atoms with Gasteiger partial charge in [-0.25, -0.2) is 0 Å². The molecule has 0 spiro atoms. The van der Waals surface area contributed by atoms with E-state index in [9.17, 15) is 5.11 Å². The van der Waals surface area contributed by atoms with E-state index in [0.29, 0.717) is 17.2 Å². The molecule has 0 amide bonds. The van der Waals surface area contributed by atoms with Crippen molar-refractivity contribution < 1.29 is 5.11 Å². The van der Waals surface area contributed by atoms with Gasteiger partial charge in [0.2, 0.25) is 0 Å². The molecular weight excluding hydrogens is 283 g/mol. The third-order valence-corrected chi connectivity index (χ3v) is 4.85. The van der Waals surface area contributed by atoms with Crippen LogP contribution in [0.4, 0.5) is 0 Å². The molecule has 4 heteroatoms. The largest absolute Gasteiger partial charge is 0.507 e. The van der Waals surface area contributed by atoms with Crippen LogP contribution in [0.15, 0.2) is 41.6 Å². The average molecular weight is 312 g/mol. The number of hydrogen-bond acceptors (Lipinski definition) is 3. The summed E-state index contributed by atoms with van der Waals surface area (Å²) in [6.07, 6.45) is 11.4. The van der Waals surface area contributed by atoms with E-state index in [1.807, 2.05) is 18.2 Å². The van der Waals surface area contributed by atoms with Crippen molar-refractivity contribution in [2.75, 3.05) is 0 Å². The van der Waals surface area contributed by atoms with E-state index in [0.717, 1.165) is 30.5 Å². The number of allylic oxidation sites excluding steroid dienone is 3. The predicted molar refractivity (Wildman–Crippen MR) is 101 cm³/mol. The zero-order chi connectivity index (χ0) is 16.7. The van der Waals surface area contributed by atoms with Gasteiger partial charge >= 0.3 is 0 Å². The number of phenols is 1. The number of para-hydroxylation sites is 1. The molecule has 124 valence electrons. The van der Waals surface area contributed by atoms with Crippen LogP contribution in [0, 0.1) is 5.92 Å². The van der Waals surface area contributed by atoms with Gasteiger partial charge in [-0.15, -0.1) is 0 Å². The first-order chi connectivity index (χ1) is 11.1. The third kappa shape index (κ3) is 5.09. The van der Waals surface area contributed by atoms with Crippen molar-refractivity contribution in [3.8, 4) is 5.75 Å². The lowest BCUT2D eigenvalue weighted by Crippen LogP contribution is -2.10. The van der Waals surface area contributed by atoms with Gasteiger partial charge in [-0.2, -0.15) is 0 Å². The van der Waals surface area contributed by atoms with E-state index < -0.39 is 0 Å². The van der Waals surface area contributed by atoms with Gasteiger partial charge in [0.15, 0.2) is 0 Å². The monoisotopic (exact) mass is 312 g/mol. The Morgan fingerprint density at radius 2 is 1.96 bits per heavy atom. The van der Waals surface area contributed by atoms with Crippen molar-refractivity contribution in [3.05, 3.63) is 47.2 Å². The minimum absolute atomic E-state index is 0.215. The average Bonchev–Trinajstić information content (AvgIpc) is 2.55. The van der Waals surface area contributed by atoms with Gasteiger partial charge in [-0.1, -0.05) is 44.1 Å². The molecule has 1 aliphatic rings. The molecule has 0 aromatic heterocycles. The van der Waals surface area contributed by atoms with Crippen molar-refractivity contribution in [1.82, 2.24) is 0 Å². The summed E-state index contributed by atoms with van der Waals surface area (Å²) >= 11 is 0. The Morgan fingerprint density at radius 1 is 1.22 bits per heavy atom. The van der Waals surface area contributed by atoms with E-state index >= 15 is 0 Å². The number of rotatable bonds is 3. The molecule has 0 heterocycles. The lowest BCUT2D eigenvalue weighted by Gasteiger charge is -2.20. The fourth-order valence-electron chi connectivity index (χ4n) is 3.29. The summed E-state index contributed by atoms with van der Waals surface area (Å²) in [4.78, 5) is 0. The van der Waals surface area contributed by atoms with Crippen LogP contribution in [0.5, 0.6) is 5.75 Å². The summed E-state index contributed by atoms with van der Waals surface area (Å²) in [5, 5.41) is 9.99. The highest BCUT2D eigenvalue weighted by atomic mass is 16.3. The van der Waals surface area contributed by atoms with Crippen LogP contribution in [0.25, 0.3) is 5.70 Å². The highest BCUT2D eigenvalue weighted by Gasteiger charge is 2.14. The molecule has 0 saturated carbocycles. The lowest BCUT2D eigenvalue weighted by atomic mass is 9.81. The van der Waals surface area contributed by atoms with Gasteiger partial charge in [0.25, 0.3) is 0 Å². The fourth-order valence-corrected chi connectivity index (χ4v) is 3.29.